The molecule has 0 radical (unpaired) electrons. The average molecular weight is 615 g/mol. The van der Waals surface area contributed by atoms with E-state index in [1.54, 1.807) is 0 Å². The van der Waals surface area contributed by atoms with Gasteiger partial charge < -0.3 is 10.7 Å². The van der Waals surface area contributed by atoms with Crippen molar-refractivity contribution in [1.29, 1.82) is 5.41 Å². The molecule has 2 heteroatoms. The molecule has 48 heavy (non-hydrogen) atoms. The quantitative estimate of drug-likeness (QED) is 0.147. The fourth-order valence-corrected chi connectivity index (χ4v) is 6.96. The largest absolute Gasteiger partial charge is 0.355 e. The van der Waals surface area contributed by atoms with E-state index in [1.165, 1.54) is 60.1 Å². The first-order chi connectivity index (χ1) is 23.6. The summed E-state index contributed by atoms with van der Waals surface area (Å²) >= 11 is 0. The number of hydrogen-bond donors (Lipinski definition) is 2. The van der Waals surface area contributed by atoms with E-state index >= 15 is 0 Å². The lowest BCUT2D eigenvalue weighted by Gasteiger charge is -2.19. The second-order valence-corrected chi connectivity index (χ2v) is 12.3. The molecule has 0 atom stereocenters. The Morgan fingerprint density at radius 1 is 0.667 bits per heavy atom. The van der Waals surface area contributed by atoms with Crippen LogP contribution in [-0.4, -0.2) is 5.71 Å². The van der Waals surface area contributed by atoms with E-state index in [-0.39, 0.29) is 0 Å². The minimum atomic E-state index is 0.490. The molecule has 228 valence electrons. The van der Waals surface area contributed by atoms with Crippen LogP contribution >= 0.6 is 0 Å². The van der Waals surface area contributed by atoms with Gasteiger partial charge >= 0.3 is 0 Å². The Hall–Kier alpha value is -6.25. The Bertz CT molecular complexity index is 2450. The summed E-state index contributed by atoms with van der Waals surface area (Å²) < 4.78 is 0. The van der Waals surface area contributed by atoms with E-state index in [1.807, 2.05) is 42.5 Å². The highest BCUT2D eigenvalue weighted by Crippen LogP contribution is 2.45. The Labute approximate surface area is 281 Å². The Morgan fingerprint density at radius 3 is 2.04 bits per heavy atom. The second-order valence-electron chi connectivity index (χ2n) is 12.3. The number of nitrogens with one attached hydrogen (secondary N) is 2. The van der Waals surface area contributed by atoms with Crippen molar-refractivity contribution in [2.45, 2.75) is 6.92 Å². The Morgan fingerprint density at radius 2 is 1.31 bits per heavy atom. The van der Waals surface area contributed by atoms with E-state index < -0.39 is 0 Å². The number of allylic oxidation sites excluding steroid dienone is 9. The molecule has 6 aromatic carbocycles. The molecule has 1 aliphatic carbocycles. The summed E-state index contributed by atoms with van der Waals surface area (Å²) in [6.07, 6.45) is 17.9. The van der Waals surface area contributed by atoms with Crippen LogP contribution in [0.2, 0.25) is 0 Å². The SMILES string of the molecule is C=C(/C=C\c1cc(-c2c3ccccc3c(-c3cccc4ccccc34)c3ccccc23)ccc1C)C1=CC=C/C(=C2\C=CC=CC2=N)N1. The van der Waals surface area contributed by atoms with Crippen molar-refractivity contribution in [2.24, 2.45) is 0 Å². The number of fused-ring (bicyclic) bond motifs is 3. The van der Waals surface area contributed by atoms with Gasteiger partial charge in [0.2, 0.25) is 0 Å². The van der Waals surface area contributed by atoms with Gasteiger partial charge in [0, 0.05) is 17.0 Å². The van der Waals surface area contributed by atoms with E-state index in [4.69, 9.17) is 5.41 Å². The van der Waals surface area contributed by atoms with Crippen molar-refractivity contribution < 1.29 is 0 Å². The molecule has 0 amide bonds. The van der Waals surface area contributed by atoms with Gasteiger partial charge in [-0.25, -0.2) is 0 Å². The minimum absolute atomic E-state index is 0.490. The first-order valence-electron chi connectivity index (χ1n) is 16.3. The third-order valence-corrected chi connectivity index (χ3v) is 9.38. The summed E-state index contributed by atoms with van der Waals surface area (Å²) in [5, 5.41) is 19.3. The molecule has 8 rings (SSSR count). The number of rotatable bonds is 5. The van der Waals surface area contributed by atoms with Gasteiger partial charge in [-0.05, 0) is 102 Å². The molecule has 2 nitrogen and oxygen atoms in total. The molecule has 0 bridgehead atoms. The molecule has 2 N–H and O–H groups in total. The zero-order valence-corrected chi connectivity index (χ0v) is 26.8. The lowest BCUT2D eigenvalue weighted by Crippen LogP contribution is -2.19. The van der Waals surface area contributed by atoms with E-state index in [0.29, 0.717) is 5.71 Å². The van der Waals surface area contributed by atoms with Crippen LogP contribution in [0.4, 0.5) is 0 Å². The maximum atomic E-state index is 8.33. The zero-order valence-electron chi connectivity index (χ0n) is 26.8. The monoisotopic (exact) mass is 614 g/mol. The maximum Gasteiger partial charge on any atom is 0.0633 e. The highest BCUT2D eigenvalue weighted by Gasteiger charge is 2.18. The topological polar surface area (TPSA) is 35.9 Å². The zero-order chi connectivity index (χ0) is 32.6. The van der Waals surface area contributed by atoms with E-state index in [2.05, 4.69) is 140 Å². The van der Waals surface area contributed by atoms with Gasteiger partial charge in [0.15, 0.2) is 0 Å². The van der Waals surface area contributed by atoms with E-state index in [9.17, 15) is 0 Å². The highest BCUT2D eigenvalue weighted by atomic mass is 14.9. The molecule has 0 saturated carbocycles. The average Bonchev–Trinajstić information content (AvgIpc) is 3.13. The van der Waals surface area contributed by atoms with E-state index in [0.717, 1.165) is 28.1 Å². The van der Waals surface area contributed by atoms with Crippen LogP contribution in [0.15, 0.2) is 187 Å². The molecule has 1 aliphatic heterocycles. The number of aryl methyl sites for hydroxylation is 1. The van der Waals surface area contributed by atoms with Gasteiger partial charge in [0.25, 0.3) is 0 Å². The van der Waals surface area contributed by atoms with Gasteiger partial charge in [0.05, 0.1) is 5.71 Å². The first-order valence-corrected chi connectivity index (χ1v) is 16.3. The van der Waals surface area contributed by atoms with Crippen LogP contribution in [0.3, 0.4) is 0 Å². The van der Waals surface area contributed by atoms with Gasteiger partial charge in [-0.2, -0.15) is 0 Å². The molecular formula is C46H34N2. The molecule has 6 aromatic rings. The van der Waals surface area contributed by atoms with Crippen LogP contribution in [-0.2, 0) is 0 Å². The van der Waals surface area contributed by atoms with Gasteiger partial charge in [-0.3, -0.25) is 0 Å². The maximum absolute atomic E-state index is 8.33. The molecule has 0 unspecified atom stereocenters. The predicted molar refractivity (Wildman–Crippen MR) is 206 cm³/mol. The molecule has 0 fully saturated rings. The third-order valence-electron chi connectivity index (χ3n) is 9.38. The standard InChI is InChI=1S/C46H34N2/c1-30-25-28-34(29-33(30)27-26-31(2)43-23-12-24-44(48-43)41-20-9-10-22-42(41)47)45-37-16-5-7-18-39(37)46(40-19-8-6-17-38(40)45)36-21-11-14-32-13-3-4-15-35(32)36/h3-29,47-48H,2H2,1H3/b27-26-,44-41-,47-42?. The van der Waals surface area contributed by atoms with Crippen molar-refractivity contribution in [2.75, 3.05) is 0 Å². The lowest BCUT2D eigenvalue weighted by molar-refractivity contribution is 1.01. The Kier molecular flexibility index (Phi) is 7.39. The van der Waals surface area contributed by atoms with Gasteiger partial charge in [-0.15, -0.1) is 0 Å². The van der Waals surface area contributed by atoms with Crippen LogP contribution in [0, 0.1) is 12.3 Å². The normalized spacial score (nSPS) is 15.9. The Balaban J connectivity index is 1.22. The lowest BCUT2D eigenvalue weighted by atomic mass is 9.84. The molecule has 0 spiro atoms. The smallest absolute Gasteiger partial charge is 0.0633 e. The summed E-state index contributed by atoms with van der Waals surface area (Å²) in [5.41, 5.74) is 11.4. The van der Waals surface area contributed by atoms with Crippen molar-refractivity contribution in [3.05, 3.63) is 198 Å². The van der Waals surface area contributed by atoms with Crippen LogP contribution in [0.5, 0.6) is 0 Å². The fourth-order valence-electron chi connectivity index (χ4n) is 6.96. The summed E-state index contributed by atoms with van der Waals surface area (Å²) in [4.78, 5) is 0. The fraction of sp³-hybridized carbons (Fsp3) is 0.0217. The van der Waals surface area contributed by atoms with Crippen LogP contribution < -0.4 is 5.32 Å². The molecule has 2 aliphatic rings. The summed E-state index contributed by atoms with van der Waals surface area (Å²) in [7, 11) is 0. The number of benzene rings is 6. The van der Waals surface area contributed by atoms with Gasteiger partial charge in [-0.1, -0.05) is 146 Å². The first kappa shape index (κ1) is 29.2. The molecular weight excluding hydrogens is 581 g/mol. The van der Waals surface area contributed by atoms with Crippen molar-refractivity contribution in [3.63, 3.8) is 0 Å². The third kappa shape index (κ3) is 5.14. The molecule has 0 aromatic heterocycles. The number of hydrogen-bond acceptors (Lipinski definition) is 2. The summed E-state index contributed by atoms with van der Waals surface area (Å²) in [6, 6.07) is 39.7. The minimum Gasteiger partial charge on any atom is -0.355 e. The van der Waals surface area contributed by atoms with Crippen molar-refractivity contribution >= 4 is 44.1 Å². The molecule has 0 saturated heterocycles. The summed E-state index contributed by atoms with van der Waals surface area (Å²) in [6.45, 7) is 6.54. The van der Waals surface area contributed by atoms with Gasteiger partial charge in [0.1, 0.15) is 0 Å². The van der Waals surface area contributed by atoms with Crippen LogP contribution in [0.1, 0.15) is 11.1 Å². The van der Waals surface area contributed by atoms with Crippen molar-refractivity contribution in [1.82, 2.24) is 5.32 Å². The number of dihydropyridines is 1. The summed E-state index contributed by atoms with van der Waals surface area (Å²) in [5.74, 6) is 0. The highest BCUT2D eigenvalue weighted by molar-refractivity contribution is 6.23. The van der Waals surface area contributed by atoms with Crippen LogP contribution in [0.25, 0.3) is 60.6 Å². The predicted octanol–water partition coefficient (Wildman–Crippen LogP) is 11.8. The molecule has 1 heterocycles. The second kappa shape index (κ2) is 12.2. The van der Waals surface area contributed by atoms with Crippen molar-refractivity contribution in [3.8, 4) is 22.3 Å².